The maximum atomic E-state index is 13.1. The largest absolute Gasteiger partial charge is 0.496 e. The summed E-state index contributed by atoms with van der Waals surface area (Å²) in [7, 11) is 1.64. The summed E-state index contributed by atoms with van der Waals surface area (Å²) in [5.41, 5.74) is 1.93. The molecule has 1 aliphatic carbocycles. The zero-order valence-corrected chi connectivity index (χ0v) is 16.3. The molecule has 2 aromatic heterocycles. The third-order valence-corrected chi connectivity index (χ3v) is 6.52. The molecule has 5 rings (SSSR count). The topological polar surface area (TPSA) is 56.5 Å². The van der Waals surface area contributed by atoms with E-state index in [9.17, 15) is 4.79 Å². The second-order valence-corrected chi connectivity index (χ2v) is 8.02. The first-order chi connectivity index (χ1) is 13.8. The molecule has 140 valence electrons. The maximum Gasteiger partial charge on any atom is 0.282 e. The molecule has 5 nitrogen and oxygen atoms in total. The number of hydrogen-bond acceptors (Lipinski definition) is 5. The van der Waals surface area contributed by atoms with Gasteiger partial charge in [0.2, 0.25) is 0 Å². The maximum absolute atomic E-state index is 13.1. The summed E-state index contributed by atoms with van der Waals surface area (Å²) in [6, 6.07) is 12.0. The Hall–Kier alpha value is -2.99. The molecule has 0 fully saturated rings. The lowest BCUT2D eigenvalue weighted by Crippen LogP contribution is -2.18. The van der Waals surface area contributed by atoms with Gasteiger partial charge >= 0.3 is 0 Å². The van der Waals surface area contributed by atoms with Crippen LogP contribution in [-0.2, 0) is 12.8 Å². The number of fused-ring (bicyclic) bond motifs is 4. The predicted octanol–water partition coefficient (Wildman–Crippen LogP) is 4.38. The Balaban J connectivity index is 1.65. The summed E-state index contributed by atoms with van der Waals surface area (Å²) in [6.45, 7) is 0. The summed E-state index contributed by atoms with van der Waals surface area (Å²) in [5, 5.41) is 7.32. The zero-order valence-electron chi connectivity index (χ0n) is 15.5. The lowest BCUT2D eigenvalue weighted by atomic mass is 9.97. The van der Waals surface area contributed by atoms with Gasteiger partial charge in [-0.2, -0.15) is 9.78 Å². The highest BCUT2D eigenvalue weighted by atomic mass is 32.1. The van der Waals surface area contributed by atoms with E-state index in [0.717, 1.165) is 51.6 Å². The van der Waals surface area contributed by atoms with Gasteiger partial charge in [-0.05, 0) is 48.1 Å². The summed E-state index contributed by atoms with van der Waals surface area (Å²) in [4.78, 5) is 19.7. The summed E-state index contributed by atoms with van der Waals surface area (Å²) >= 11 is 1.65. The van der Waals surface area contributed by atoms with Crippen LogP contribution in [0, 0.1) is 0 Å². The Bertz CT molecular complexity index is 1290. The van der Waals surface area contributed by atoms with Gasteiger partial charge in [-0.3, -0.25) is 4.79 Å². The van der Waals surface area contributed by atoms with Crippen LogP contribution in [0.2, 0.25) is 0 Å². The number of hydrogen-bond donors (Lipinski definition) is 0. The van der Waals surface area contributed by atoms with Crippen molar-refractivity contribution in [1.82, 2.24) is 9.66 Å². The SMILES string of the molecule is COc1ccc2ccccc2c1/C=N/n1cnc2sc3c(c2c1=O)CCCC3. The van der Waals surface area contributed by atoms with E-state index in [0.29, 0.717) is 0 Å². The first-order valence-corrected chi connectivity index (χ1v) is 10.2. The summed E-state index contributed by atoms with van der Waals surface area (Å²) in [6.07, 6.45) is 7.52. The number of ether oxygens (including phenoxy) is 1. The van der Waals surface area contributed by atoms with Crippen LogP contribution in [0.4, 0.5) is 0 Å². The molecule has 0 unspecified atom stereocenters. The van der Waals surface area contributed by atoms with Crippen molar-refractivity contribution in [2.24, 2.45) is 5.10 Å². The number of rotatable bonds is 3. The summed E-state index contributed by atoms with van der Waals surface area (Å²) < 4.78 is 6.85. The molecule has 0 saturated heterocycles. The molecule has 4 aromatic rings. The van der Waals surface area contributed by atoms with Crippen LogP contribution in [0.3, 0.4) is 0 Å². The first-order valence-electron chi connectivity index (χ1n) is 9.38. The van der Waals surface area contributed by atoms with E-state index in [2.05, 4.69) is 10.1 Å². The third kappa shape index (κ3) is 2.72. The van der Waals surface area contributed by atoms with Crippen molar-refractivity contribution in [3.05, 3.63) is 69.1 Å². The zero-order chi connectivity index (χ0) is 19.1. The van der Waals surface area contributed by atoms with Crippen molar-refractivity contribution in [2.75, 3.05) is 7.11 Å². The summed E-state index contributed by atoms with van der Waals surface area (Å²) in [5.74, 6) is 0.720. The molecule has 6 heteroatoms. The van der Waals surface area contributed by atoms with E-state index in [1.54, 1.807) is 24.7 Å². The molecule has 28 heavy (non-hydrogen) atoms. The Kier molecular flexibility index (Phi) is 4.20. The van der Waals surface area contributed by atoms with Gasteiger partial charge in [0.05, 0.1) is 18.7 Å². The highest BCUT2D eigenvalue weighted by Crippen LogP contribution is 2.33. The van der Waals surface area contributed by atoms with Crippen molar-refractivity contribution in [3.8, 4) is 5.75 Å². The van der Waals surface area contributed by atoms with Crippen molar-refractivity contribution >= 4 is 38.5 Å². The third-order valence-electron chi connectivity index (χ3n) is 5.32. The van der Waals surface area contributed by atoms with Gasteiger partial charge in [0.25, 0.3) is 5.56 Å². The second kappa shape index (κ2) is 6.87. The number of methoxy groups -OCH3 is 1. The molecule has 0 bridgehead atoms. The Labute approximate surface area is 165 Å². The monoisotopic (exact) mass is 389 g/mol. The minimum atomic E-state index is -0.0974. The van der Waals surface area contributed by atoms with Crippen molar-refractivity contribution < 1.29 is 4.74 Å². The van der Waals surface area contributed by atoms with Gasteiger partial charge < -0.3 is 4.74 Å². The highest BCUT2D eigenvalue weighted by Gasteiger charge is 2.19. The van der Waals surface area contributed by atoms with Crippen LogP contribution in [0.15, 0.2) is 52.6 Å². The smallest absolute Gasteiger partial charge is 0.282 e. The van der Waals surface area contributed by atoms with E-state index >= 15 is 0 Å². The molecule has 0 spiro atoms. The van der Waals surface area contributed by atoms with Gasteiger partial charge in [-0.15, -0.1) is 11.3 Å². The minimum Gasteiger partial charge on any atom is -0.496 e. The van der Waals surface area contributed by atoms with Crippen molar-refractivity contribution in [3.63, 3.8) is 0 Å². The van der Waals surface area contributed by atoms with E-state index in [4.69, 9.17) is 4.74 Å². The molecule has 0 atom stereocenters. The molecular formula is C22H19N3O2S. The van der Waals surface area contributed by atoms with Crippen LogP contribution in [0.1, 0.15) is 28.8 Å². The second-order valence-electron chi connectivity index (χ2n) is 6.93. The molecule has 0 radical (unpaired) electrons. The average Bonchev–Trinajstić information content (AvgIpc) is 3.12. The van der Waals surface area contributed by atoms with E-state index < -0.39 is 0 Å². The molecule has 2 aromatic carbocycles. The van der Waals surface area contributed by atoms with Gasteiger partial charge in [0.1, 0.15) is 16.9 Å². The van der Waals surface area contributed by atoms with Crippen molar-refractivity contribution in [1.29, 1.82) is 0 Å². The molecule has 1 aliphatic rings. The molecule has 0 N–H and O–H groups in total. The standard InChI is InChI=1S/C22H19N3O2S/c1-27-18-11-10-14-6-2-3-7-15(14)17(18)12-24-25-13-23-21-20(22(25)26)16-8-4-5-9-19(16)28-21/h2-3,6-7,10-13H,4-5,8-9H2,1H3/b24-12+. The predicted molar refractivity (Wildman–Crippen MR) is 114 cm³/mol. The molecule has 0 amide bonds. The van der Waals surface area contributed by atoms with E-state index in [-0.39, 0.29) is 5.56 Å². The van der Waals surface area contributed by atoms with Gasteiger partial charge in [-0.1, -0.05) is 30.3 Å². The fourth-order valence-electron chi connectivity index (χ4n) is 3.93. The fourth-order valence-corrected chi connectivity index (χ4v) is 5.15. The fraction of sp³-hybridized carbons (Fsp3) is 0.227. The number of benzene rings is 2. The molecule has 2 heterocycles. The lowest BCUT2D eigenvalue weighted by Gasteiger charge is -2.10. The molecular weight excluding hydrogens is 370 g/mol. The Morgan fingerprint density at radius 1 is 1.18 bits per heavy atom. The lowest BCUT2D eigenvalue weighted by molar-refractivity contribution is 0.415. The van der Waals surface area contributed by atoms with Crippen LogP contribution in [0.5, 0.6) is 5.75 Å². The van der Waals surface area contributed by atoms with Gasteiger partial charge in [-0.25, -0.2) is 4.98 Å². The Morgan fingerprint density at radius 2 is 2.04 bits per heavy atom. The normalized spacial score (nSPS) is 14.0. The Morgan fingerprint density at radius 3 is 2.93 bits per heavy atom. The average molecular weight is 389 g/mol. The molecule has 0 aliphatic heterocycles. The van der Waals surface area contributed by atoms with E-state index in [1.165, 1.54) is 27.9 Å². The highest BCUT2D eigenvalue weighted by molar-refractivity contribution is 7.18. The first kappa shape index (κ1) is 17.1. The number of nitrogens with zero attached hydrogens (tertiary/aromatic N) is 3. The van der Waals surface area contributed by atoms with Crippen LogP contribution >= 0.6 is 11.3 Å². The van der Waals surface area contributed by atoms with Gasteiger partial charge in [0, 0.05) is 10.4 Å². The van der Waals surface area contributed by atoms with Crippen molar-refractivity contribution in [2.45, 2.75) is 25.7 Å². The van der Waals surface area contributed by atoms with Gasteiger partial charge in [0.15, 0.2) is 0 Å². The van der Waals surface area contributed by atoms with Crippen LogP contribution in [-0.4, -0.2) is 23.0 Å². The number of aryl methyl sites for hydroxylation is 2. The number of aromatic nitrogens is 2. The number of thiophene rings is 1. The minimum absolute atomic E-state index is 0.0974. The molecule has 0 saturated carbocycles. The van der Waals surface area contributed by atoms with E-state index in [1.807, 2.05) is 36.4 Å². The van der Waals surface area contributed by atoms with Crippen LogP contribution in [0.25, 0.3) is 21.0 Å². The van der Waals surface area contributed by atoms with Crippen LogP contribution < -0.4 is 10.3 Å². The quantitative estimate of drug-likeness (QED) is 0.489.